The minimum atomic E-state index is -2.70. The molecule has 13 heteroatoms. The number of nitrogens with two attached hydrogens (primary N) is 1. The molecule has 0 spiro atoms. The monoisotopic (exact) mass is 671 g/mol. The van der Waals surface area contributed by atoms with Crippen LogP contribution in [-0.4, -0.2) is 78.8 Å². The van der Waals surface area contributed by atoms with E-state index in [0.29, 0.717) is 12.0 Å². The van der Waals surface area contributed by atoms with Gasteiger partial charge in [-0.15, -0.1) is 17.0 Å². The molecule has 1 fully saturated rings. The minimum Gasteiger partial charge on any atom is -0.508 e. The Kier molecular flexibility index (Phi) is 8.17. The number of primary amides is 1. The van der Waals surface area contributed by atoms with Gasteiger partial charge in [0.1, 0.15) is 27.2 Å². The molecule has 0 aromatic heterocycles. The molecule has 39 heavy (non-hydrogen) atoms. The van der Waals surface area contributed by atoms with Gasteiger partial charge in [0.2, 0.25) is 11.7 Å². The highest BCUT2D eigenvalue weighted by Crippen LogP contribution is 2.53. The van der Waals surface area contributed by atoms with E-state index in [4.69, 9.17) is 5.73 Å². The Morgan fingerprint density at radius 2 is 1.85 bits per heavy atom. The van der Waals surface area contributed by atoms with Gasteiger partial charge in [-0.05, 0) is 57.8 Å². The summed E-state index contributed by atoms with van der Waals surface area (Å²) in [5, 5.41) is 47.4. The van der Waals surface area contributed by atoms with Crippen molar-refractivity contribution in [2.75, 3.05) is 19.4 Å². The van der Waals surface area contributed by atoms with Gasteiger partial charge >= 0.3 is 0 Å². The largest absolute Gasteiger partial charge is 0.508 e. The van der Waals surface area contributed by atoms with E-state index in [1.165, 1.54) is 25.1 Å². The number of halogens is 2. The van der Waals surface area contributed by atoms with Crippen molar-refractivity contribution in [2.24, 2.45) is 17.6 Å². The predicted octanol–water partition coefficient (Wildman–Crippen LogP) is 2.04. The Bertz CT molecular complexity index is 1350. The predicted molar refractivity (Wildman–Crippen MR) is 151 cm³/mol. The van der Waals surface area contributed by atoms with Gasteiger partial charge in [-0.3, -0.25) is 24.1 Å². The smallest absolute Gasteiger partial charge is 0.255 e. The molecule has 5 atom stereocenters. The fraction of sp³-hybridized carbons (Fsp3) is 0.462. The molecule has 3 aliphatic carbocycles. The number of hydrogen-bond acceptors (Lipinski definition) is 9. The van der Waals surface area contributed by atoms with Crippen LogP contribution >= 0.6 is 32.9 Å². The molecule has 0 aliphatic heterocycles. The Hall–Kier alpha value is -2.74. The number of likely N-dealkylation sites (N-methyl/N-ethyl adjacent to an activating group) is 1. The fourth-order valence-corrected chi connectivity index (χ4v) is 5.83. The number of rotatable bonds is 5. The Labute approximate surface area is 243 Å². The molecule has 0 bridgehead atoms. The van der Waals surface area contributed by atoms with Crippen LogP contribution < -0.4 is 11.1 Å². The summed E-state index contributed by atoms with van der Waals surface area (Å²) in [7, 11) is 3.08. The molecule has 1 aromatic carbocycles. The number of carbonyl (C=O) groups excluding carboxylic acids is 4. The molecule has 0 radical (unpaired) electrons. The first kappa shape index (κ1) is 30.8. The van der Waals surface area contributed by atoms with E-state index >= 15 is 0 Å². The van der Waals surface area contributed by atoms with Crippen molar-refractivity contribution in [1.29, 1.82) is 0 Å². The van der Waals surface area contributed by atoms with E-state index in [0.717, 1.165) is 0 Å². The summed E-state index contributed by atoms with van der Waals surface area (Å²) in [5.41, 5.74) is 1.90. The molecule has 7 N–H and O–H groups in total. The van der Waals surface area contributed by atoms with Crippen molar-refractivity contribution in [3.63, 3.8) is 0 Å². The van der Waals surface area contributed by atoms with Gasteiger partial charge in [0.25, 0.3) is 5.91 Å². The van der Waals surface area contributed by atoms with E-state index in [2.05, 4.69) is 21.2 Å². The van der Waals surface area contributed by atoms with Crippen LogP contribution in [0.1, 0.15) is 37.8 Å². The van der Waals surface area contributed by atoms with Gasteiger partial charge in [-0.1, -0.05) is 28.9 Å². The van der Waals surface area contributed by atoms with Crippen molar-refractivity contribution in [3.8, 4) is 5.75 Å². The lowest BCUT2D eigenvalue weighted by Crippen LogP contribution is -2.65. The second-order valence-electron chi connectivity index (χ2n) is 10.5. The van der Waals surface area contributed by atoms with Crippen molar-refractivity contribution in [1.82, 2.24) is 4.90 Å². The summed E-state index contributed by atoms with van der Waals surface area (Å²) in [6.45, 7) is 3.47. The van der Waals surface area contributed by atoms with E-state index in [1.807, 2.05) is 0 Å². The number of aliphatic hydroxyl groups is 3. The number of amides is 2. The van der Waals surface area contributed by atoms with Crippen molar-refractivity contribution in [3.05, 3.63) is 40.2 Å². The Balaban J connectivity index is 0.00000420. The first-order chi connectivity index (χ1) is 17.6. The second-order valence-corrected chi connectivity index (χ2v) is 12.2. The number of aromatic hydroxyl groups is 1. The maximum absolute atomic E-state index is 13.8. The van der Waals surface area contributed by atoms with Gasteiger partial charge in [0.05, 0.1) is 17.3 Å². The van der Waals surface area contributed by atoms with Gasteiger partial charge in [0, 0.05) is 11.5 Å². The average Bonchev–Trinajstić information content (AvgIpc) is 2.82. The summed E-state index contributed by atoms with van der Waals surface area (Å²) in [6, 6.07) is 1.96. The Morgan fingerprint density at radius 3 is 2.38 bits per heavy atom. The number of phenols is 1. The van der Waals surface area contributed by atoms with Crippen molar-refractivity contribution < 1.29 is 39.6 Å². The lowest BCUT2D eigenvalue weighted by Gasteiger charge is -2.50. The lowest BCUT2D eigenvalue weighted by molar-refractivity contribution is -0.153. The zero-order chi connectivity index (χ0) is 28.5. The number of ketones is 2. The third-order valence-electron chi connectivity index (χ3n) is 7.98. The molecule has 1 aromatic rings. The summed E-state index contributed by atoms with van der Waals surface area (Å²) < 4.78 is -0.915. The van der Waals surface area contributed by atoms with Crippen LogP contribution in [0.15, 0.2) is 29.0 Å². The quantitative estimate of drug-likeness (QED) is 0.154. The molecule has 2 amide bonds. The molecule has 11 nitrogen and oxygen atoms in total. The number of aliphatic hydroxyl groups excluding tert-OH is 2. The zero-order valence-electron chi connectivity index (χ0n) is 21.7. The lowest BCUT2D eigenvalue weighted by atomic mass is 9.57. The summed E-state index contributed by atoms with van der Waals surface area (Å²) >= 11 is 3.33. The number of nitrogens with zero attached hydrogens (tertiary/aromatic N) is 1. The number of carbonyl (C=O) groups is 4. The van der Waals surface area contributed by atoms with Gasteiger partial charge in [-0.25, -0.2) is 0 Å². The van der Waals surface area contributed by atoms with Gasteiger partial charge in [-0.2, -0.15) is 0 Å². The maximum atomic E-state index is 13.8. The molecule has 0 saturated heterocycles. The number of benzene rings is 1. The van der Waals surface area contributed by atoms with Crippen LogP contribution in [-0.2, 0) is 25.6 Å². The molecule has 212 valence electrons. The summed E-state index contributed by atoms with van der Waals surface area (Å²) in [4.78, 5) is 53.1. The Morgan fingerprint density at radius 1 is 1.23 bits per heavy atom. The first-order valence-electron chi connectivity index (χ1n) is 12.1. The van der Waals surface area contributed by atoms with E-state index in [9.17, 15) is 39.6 Å². The third-order valence-corrected chi connectivity index (χ3v) is 8.90. The molecular formula is C26H31Br2N3O8. The fourth-order valence-electron chi connectivity index (χ4n) is 5.73. The van der Waals surface area contributed by atoms with E-state index < -0.39 is 74.0 Å². The number of hydrogen-bond donors (Lipinski definition) is 6. The van der Waals surface area contributed by atoms with Crippen LogP contribution in [0.4, 0.5) is 5.69 Å². The molecular weight excluding hydrogens is 642 g/mol. The number of phenolic OH excluding ortho intramolecular Hbond substituents is 1. The highest BCUT2D eigenvalue weighted by Gasteiger charge is 2.64. The van der Waals surface area contributed by atoms with Crippen LogP contribution in [0.25, 0.3) is 5.76 Å². The highest BCUT2D eigenvalue weighted by atomic mass is 79.9. The van der Waals surface area contributed by atoms with Crippen LogP contribution in [0.5, 0.6) is 5.75 Å². The van der Waals surface area contributed by atoms with Gasteiger partial charge in [0.15, 0.2) is 11.4 Å². The number of anilines is 1. The molecule has 0 heterocycles. The molecule has 3 aliphatic rings. The number of alkyl halides is 1. The first-order valence-corrected chi connectivity index (χ1v) is 12.9. The number of fused-ring (bicyclic) bond motifs is 3. The molecule has 4 rings (SSSR count). The minimum absolute atomic E-state index is 0. The van der Waals surface area contributed by atoms with Gasteiger partial charge < -0.3 is 31.5 Å². The van der Waals surface area contributed by atoms with Crippen LogP contribution in [0.3, 0.4) is 0 Å². The normalized spacial score (nSPS) is 27.7. The molecule has 4 unspecified atom stereocenters. The van der Waals surface area contributed by atoms with E-state index in [1.54, 1.807) is 19.9 Å². The second kappa shape index (κ2) is 10.3. The SMILES string of the molecule is Br.CCC(C)(Br)C(=O)Nc1ccc2c(c1O)C(O)=C1C(=O)C3(O)C(O)=C(C(N)=O)C(=O)[C@@H](N(C)C)C3CC1C2. The van der Waals surface area contributed by atoms with Crippen LogP contribution in [0.2, 0.25) is 0 Å². The highest BCUT2D eigenvalue weighted by molar-refractivity contribution is 9.10. The summed E-state index contributed by atoms with van der Waals surface area (Å²) in [5.74, 6) is -7.66. The zero-order valence-corrected chi connectivity index (χ0v) is 25.0. The molecule has 1 saturated carbocycles. The third kappa shape index (κ3) is 4.48. The average molecular weight is 673 g/mol. The van der Waals surface area contributed by atoms with Crippen LogP contribution in [0, 0.1) is 11.8 Å². The summed E-state index contributed by atoms with van der Waals surface area (Å²) in [6.07, 6.45) is 0.626. The topological polar surface area (TPSA) is 190 Å². The maximum Gasteiger partial charge on any atom is 0.255 e. The standard InChI is InChI=1S/C26H30BrN3O8.BrH/c1-5-25(2,27)24(37)29-13-7-6-10-8-11-9-12-17(30(3)4)20(33)16(23(28)36)22(35)26(12,38)21(34)15(11)19(32)14(10)18(13)31;/h6-7,11-12,17,31-32,35,38H,5,8-9H2,1-4H3,(H2,28,36)(H,29,37);1H/t11?,12?,17-,25?,26?;/m0./s1. The van der Waals surface area contributed by atoms with Crippen molar-refractivity contribution >= 4 is 67.7 Å². The van der Waals surface area contributed by atoms with Crippen molar-refractivity contribution in [2.45, 2.75) is 49.1 Å². The van der Waals surface area contributed by atoms with E-state index in [-0.39, 0.29) is 46.6 Å². The number of nitrogens with one attached hydrogen (secondary N) is 1. The number of Topliss-reactive ketones (excluding diaryl/α,β-unsaturated/α-hetero) is 2.